The molecule has 1 aromatic carbocycles. The van der Waals surface area contributed by atoms with E-state index in [1.54, 1.807) is 0 Å². The van der Waals surface area contributed by atoms with Crippen LogP contribution in [-0.2, 0) is 12.0 Å². The Bertz CT molecular complexity index is 437. The molecule has 0 atom stereocenters. The molecular formula is C16H22N2. The van der Waals surface area contributed by atoms with Gasteiger partial charge in [0.2, 0.25) is 0 Å². The number of hydrogen-bond acceptors (Lipinski definition) is 2. The van der Waals surface area contributed by atoms with Crippen molar-refractivity contribution in [3.8, 4) is 0 Å². The standard InChI is InChI=1S/C16H22N2/c1-5-17-10-11-18(13-17)12-14-6-8-15(9-7-14)16(2,3)4/h5-11H,1,12-13H2,2-4H3. The van der Waals surface area contributed by atoms with E-state index in [9.17, 15) is 0 Å². The van der Waals surface area contributed by atoms with Crippen LogP contribution in [0.15, 0.2) is 49.4 Å². The van der Waals surface area contributed by atoms with E-state index in [0.717, 1.165) is 13.2 Å². The Morgan fingerprint density at radius 1 is 1.17 bits per heavy atom. The summed E-state index contributed by atoms with van der Waals surface area (Å²) in [6, 6.07) is 8.93. The van der Waals surface area contributed by atoms with Crippen molar-refractivity contribution in [2.24, 2.45) is 0 Å². The third-order valence-electron chi connectivity index (χ3n) is 3.25. The van der Waals surface area contributed by atoms with Crippen molar-refractivity contribution >= 4 is 0 Å². The van der Waals surface area contributed by atoms with Gasteiger partial charge in [0.25, 0.3) is 0 Å². The minimum atomic E-state index is 0.228. The molecule has 1 aliphatic rings. The molecule has 0 amide bonds. The Kier molecular flexibility index (Phi) is 3.46. The molecule has 0 spiro atoms. The lowest BCUT2D eigenvalue weighted by Gasteiger charge is -2.21. The largest absolute Gasteiger partial charge is 0.354 e. The molecular weight excluding hydrogens is 220 g/mol. The van der Waals surface area contributed by atoms with Gasteiger partial charge in [0.05, 0.1) is 6.67 Å². The Hall–Kier alpha value is -1.70. The summed E-state index contributed by atoms with van der Waals surface area (Å²) in [5, 5.41) is 0. The zero-order valence-corrected chi connectivity index (χ0v) is 11.6. The number of nitrogens with zero attached hydrogens (tertiary/aromatic N) is 2. The van der Waals surface area contributed by atoms with Crippen LogP contribution in [0.25, 0.3) is 0 Å². The SMILES string of the molecule is C=CN1C=CN(Cc2ccc(C(C)(C)C)cc2)C1. The monoisotopic (exact) mass is 242 g/mol. The van der Waals surface area contributed by atoms with Crippen molar-refractivity contribution in [1.29, 1.82) is 0 Å². The first-order valence-electron chi connectivity index (χ1n) is 6.39. The van der Waals surface area contributed by atoms with Crippen LogP contribution in [0.4, 0.5) is 0 Å². The van der Waals surface area contributed by atoms with Crippen LogP contribution >= 0.6 is 0 Å². The average molecular weight is 242 g/mol. The third-order valence-corrected chi connectivity index (χ3v) is 3.25. The van der Waals surface area contributed by atoms with Gasteiger partial charge in [0, 0.05) is 18.9 Å². The molecule has 18 heavy (non-hydrogen) atoms. The maximum Gasteiger partial charge on any atom is 0.0939 e. The van der Waals surface area contributed by atoms with Crippen LogP contribution in [0.5, 0.6) is 0 Å². The molecule has 0 radical (unpaired) electrons. The molecule has 0 saturated heterocycles. The lowest BCUT2D eigenvalue weighted by Crippen LogP contribution is -2.21. The Morgan fingerprint density at radius 2 is 1.83 bits per heavy atom. The van der Waals surface area contributed by atoms with E-state index in [4.69, 9.17) is 0 Å². The molecule has 2 heteroatoms. The molecule has 2 rings (SSSR count). The maximum atomic E-state index is 3.77. The second-order valence-electron chi connectivity index (χ2n) is 5.83. The lowest BCUT2D eigenvalue weighted by atomic mass is 9.87. The average Bonchev–Trinajstić information content (AvgIpc) is 2.76. The van der Waals surface area contributed by atoms with Crippen molar-refractivity contribution in [2.75, 3.05) is 6.67 Å². The molecule has 0 bridgehead atoms. The zero-order chi connectivity index (χ0) is 13.2. The highest BCUT2D eigenvalue weighted by Gasteiger charge is 2.14. The van der Waals surface area contributed by atoms with Crippen LogP contribution in [0.1, 0.15) is 31.9 Å². The van der Waals surface area contributed by atoms with Gasteiger partial charge in [-0.1, -0.05) is 51.6 Å². The summed E-state index contributed by atoms with van der Waals surface area (Å²) in [4.78, 5) is 4.34. The summed E-state index contributed by atoms with van der Waals surface area (Å²) < 4.78 is 0. The summed E-state index contributed by atoms with van der Waals surface area (Å²) in [5.74, 6) is 0. The van der Waals surface area contributed by atoms with Crippen LogP contribution in [0.3, 0.4) is 0 Å². The van der Waals surface area contributed by atoms with Crippen molar-refractivity contribution in [2.45, 2.75) is 32.7 Å². The summed E-state index contributed by atoms with van der Waals surface area (Å²) in [7, 11) is 0. The highest BCUT2D eigenvalue weighted by Crippen LogP contribution is 2.22. The zero-order valence-electron chi connectivity index (χ0n) is 11.6. The third kappa shape index (κ3) is 2.95. The maximum absolute atomic E-state index is 3.77. The molecule has 0 unspecified atom stereocenters. The van der Waals surface area contributed by atoms with E-state index in [2.05, 4.69) is 73.8 Å². The molecule has 0 N–H and O–H groups in total. The summed E-state index contributed by atoms with van der Waals surface area (Å²) in [5.41, 5.74) is 2.96. The Labute approximate surface area is 110 Å². The van der Waals surface area contributed by atoms with Crippen LogP contribution < -0.4 is 0 Å². The van der Waals surface area contributed by atoms with Crippen LogP contribution in [0.2, 0.25) is 0 Å². The van der Waals surface area contributed by atoms with E-state index in [0.29, 0.717) is 0 Å². The van der Waals surface area contributed by atoms with Crippen molar-refractivity contribution in [3.63, 3.8) is 0 Å². The first kappa shape index (κ1) is 12.7. The Balaban J connectivity index is 1.99. The summed E-state index contributed by atoms with van der Waals surface area (Å²) in [6.07, 6.45) is 6.01. The van der Waals surface area contributed by atoms with Gasteiger partial charge in [-0.25, -0.2) is 0 Å². The Morgan fingerprint density at radius 3 is 2.33 bits per heavy atom. The summed E-state index contributed by atoms with van der Waals surface area (Å²) >= 11 is 0. The fourth-order valence-corrected chi connectivity index (χ4v) is 2.05. The highest BCUT2D eigenvalue weighted by molar-refractivity contribution is 5.27. The van der Waals surface area contributed by atoms with E-state index in [1.807, 2.05) is 6.20 Å². The molecule has 0 saturated carbocycles. The van der Waals surface area contributed by atoms with E-state index >= 15 is 0 Å². The van der Waals surface area contributed by atoms with E-state index in [-0.39, 0.29) is 5.41 Å². The van der Waals surface area contributed by atoms with Crippen molar-refractivity contribution in [1.82, 2.24) is 9.80 Å². The van der Waals surface area contributed by atoms with Gasteiger partial charge in [-0.15, -0.1) is 0 Å². The van der Waals surface area contributed by atoms with E-state index in [1.165, 1.54) is 11.1 Å². The molecule has 96 valence electrons. The van der Waals surface area contributed by atoms with Crippen molar-refractivity contribution in [3.05, 3.63) is 60.6 Å². The van der Waals surface area contributed by atoms with Gasteiger partial charge in [0.1, 0.15) is 0 Å². The van der Waals surface area contributed by atoms with E-state index < -0.39 is 0 Å². The molecule has 2 nitrogen and oxygen atoms in total. The molecule has 0 aliphatic carbocycles. The number of benzene rings is 1. The molecule has 1 aromatic rings. The quantitative estimate of drug-likeness (QED) is 0.798. The number of rotatable bonds is 3. The van der Waals surface area contributed by atoms with Gasteiger partial charge >= 0.3 is 0 Å². The second kappa shape index (κ2) is 4.89. The fraction of sp³-hybridized carbons (Fsp3) is 0.375. The molecule has 1 heterocycles. The smallest absolute Gasteiger partial charge is 0.0939 e. The van der Waals surface area contributed by atoms with Gasteiger partial charge in [-0.2, -0.15) is 0 Å². The normalized spacial score (nSPS) is 15.3. The predicted molar refractivity (Wildman–Crippen MR) is 76.7 cm³/mol. The first-order chi connectivity index (χ1) is 8.49. The van der Waals surface area contributed by atoms with Crippen LogP contribution in [0, 0.1) is 0 Å². The minimum absolute atomic E-state index is 0.228. The molecule has 0 aromatic heterocycles. The van der Waals surface area contributed by atoms with Gasteiger partial charge in [-0.3, -0.25) is 0 Å². The number of hydrogen-bond donors (Lipinski definition) is 0. The molecule has 1 aliphatic heterocycles. The van der Waals surface area contributed by atoms with Crippen molar-refractivity contribution < 1.29 is 0 Å². The van der Waals surface area contributed by atoms with Gasteiger partial charge in [-0.05, 0) is 22.7 Å². The summed E-state index contributed by atoms with van der Waals surface area (Å²) in [6.45, 7) is 12.3. The first-order valence-corrected chi connectivity index (χ1v) is 6.39. The highest BCUT2D eigenvalue weighted by atomic mass is 15.3. The van der Waals surface area contributed by atoms with Gasteiger partial charge < -0.3 is 9.80 Å². The van der Waals surface area contributed by atoms with Crippen LogP contribution in [-0.4, -0.2) is 16.5 Å². The second-order valence-corrected chi connectivity index (χ2v) is 5.83. The topological polar surface area (TPSA) is 6.48 Å². The molecule has 0 fully saturated rings. The fourth-order valence-electron chi connectivity index (χ4n) is 2.05. The minimum Gasteiger partial charge on any atom is -0.354 e. The van der Waals surface area contributed by atoms with Gasteiger partial charge in [0.15, 0.2) is 0 Å². The lowest BCUT2D eigenvalue weighted by molar-refractivity contribution is 0.309. The predicted octanol–water partition coefficient (Wildman–Crippen LogP) is 3.67.